The minimum atomic E-state index is 0.887. The average molecular weight is 383 g/mol. The Bertz CT molecular complexity index is 820. The molecule has 0 radical (unpaired) electrons. The minimum Gasteiger partial charge on any atom is -0.348 e. The van der Waals surface area contributed by atoms with Gasteiger partial charge in [-0.25, -0.2) is 5.01 Å². The number of amidine groups is 1. The zero-order valence-corrected chi connectivity index (χ0v) is 17.7. The number of aliphatic imine (C=N–C) groups is 1. The quantitative estimate of drug-likeness (QED) is 0.639. The van der Waals surface area contributed by atoms with Crippen molar-refractivity contribution in [2.75, 3.05) is 19.3 Å². The first-order valence-electron chi connectivity index (χ1n) is 9.79. The number of hydrazone groups is 1. The van der Waals surface area contributed by atoms with Gasteiger partial charge in [-0.1, -0.05) is 55.4 Å². The molecule has 2 aromatic rings. The normalized spacial score (nSPS) is 16.1. The maximum Gasteiger partial charge on any atom is 0.179 e. The number of rotatable bonds is 7. The van der Waals surface area contributed by atoms with E-state index in [1.807, 2.05) is 12.1 Å². The molecule has 4 nitrogen and oxygen atoms in total. The summed E-state index contributed by atoms with van der Waals surface area (Å²) in [7, 11) is 2.01. The summed E-state index contributed by atoms with van der Waals surface area (Å²) in [4.78, 5) is 4.68. The van der Waals surface area contributed by atoms with Gasteiger partial charge in [0.05, 0.1) is 5.71 Å². The van der Waals surface area contributed by atoms with Crippen molar-refractivity contribution in [3.8, 4) is 0 Å². The van der Waals surface area contributed by atoms with Crippen LogP contribution in [0.15, 0.2) is 46.5 Å². The number of thioether (sulfide) groups is 1. The number of aryl methyl sites for hydroxylation is 2. The van der Waals surface area contributed by atoms with Crippen LogP contribution in [0.3, 0.4) is 0 Å². The van der Waals surface area contributed by atoms with Crippen molar-refractivity contribution in [1.29, 1.82) is 0 Å². The first kappa shape index (κ1) is 19.7. The van der Waals surface area contributed by atoms with E-state index in [4.69, 9.17) is 5.10 Å². The highest BCUT2D eigenvalue weighted by molar-refractivity contribution is 8.14. The molecule has 0 fully saturated rings. The fourth-order valence-corrected chi connectivity index (χ4v) is 4.30. The molecule has 0 saturated carbocycles. The first-order valence-corrected chi connectivity index (χ1v) is 10.8. The van der Waals surface area contributed by atoms with E-state index >= 15 is 0 Å². The maximum atomic E-state index is 4.83. The van der Waals surface area contributed by atoms with Crippen molar-refractivity contribution in [2.24, 2.45) is 10.1 Å². The molecule has 0 bridgehead atoms. The molecule has 0 spiro atoms. The molecule has 0 N–H and O–H groups in total. The Morgan fingerprint density at radius 2 is 1.96 bits per heavy atom. The number of hydrogen-bond acceptors (Lipinski definition) is 3. The summed E-state index contributed by atoms with van der Waals surface area (Å²) in [5, 5.41) is 7.80. The van der Waals surface area contributed by atoms with Gasteiger partial charge < -0.3 is 4.57 Å². The highest BCUT2D eigenvalue weighted by Gasteiger charge is 2.21. The fourth-order valence-electron chi connectivity index (χ4n) is 3.41. The number of hydrogen-bond donors (Lipinski definition) is 0. The number of nitrogens with zero attached hydrogens (tertiary/aromatic N) is 4. The van der Waals surface area contributed by atoms with Crippen molar-refractivity contribution in [3.63, 3.8) is 0 Å². The van der Waals surface area contributed by atoms with Crippen LogP contribution < -0.4 is 0 Å². The van der Waals surface area contributed by atoms with Gasteiger partial charge in [-0.15, -0.1) is 0 Å². The molecule has 5 heteroatoms. The van der Waals surface area contributed by atoms with Gasteiger partial charge in [0.1, 0.15) is 0 Å². The van der Waals surface area contributed by atoms with Crippen molar-refractivity contribution >= 4 is 22.6 Å². The smallest absolute Gasteiger partial charge is 0.179 e. The Kier molecular flexibility index (Phi) is 6.78. The molecule has 3 rings (SSSR count). The Labute approximate surface area is 167 Å². The van der Waals surface area contributed by atoms with Crippen LogP contribution in [-0.4, -0.2) is 39.8 Å². The van der Waals surface area contributed by atoms with Crippen LogP contribution in [0.1, 0.15) is 42.3 Å². The molecular weight excluding hydrogens is 352 g/mol. The zero-order valence-electron chi connectivity index (χ0n) is 16.9. The van der Waals surface area contributed by atoms with E-state index in [-0.39, 0.29) is 0 Å². The SMILES string of the molecule is CCCCN=C1SCC(c2cc(C)n(CCc3ccccc3)c2C)=NN1C. The molecule has 1 aromatic carbocycles. The Morgan fingerprint density at radius 1 is 1.19 bits per heavy atom. The lowest BCUT2D eigenvalue weighted by atomic mass is 10.1. The van der Waals surface area contributed by atoms with Gasteiger partial charge in [0, 0.05) is 42.8 Å². The second kappa shape index (κ2) is 9.27. The van der Waals surface area contributed by atoms with Crippen LogP contribution in [0.25, 0.3) is 0 Å². The first-order chi connectivity index (χ1) is 13.1. The number of aromatic nitrogens is 1. The third kappa shape index (κ3) is 4.83. The van der Waals surface area contributed by atoms with Crippen LogP contribution in [0.5, 0.6) is 0 Å². The second-order valence-electron chi connectivity index (χ2n) is 7.05. The second-order valence-corrected chi connectivity index (χ2v) is 7.99. The monoisotopic (exact) mass is 382 g/mol. The highest BCUT2D eigenvalue weighted by Crippen LogP contribution is 2.23. The molecule has 1 aliphatic rings. The van der Waals surface area contributed by atoms with Crippen LogP contribution in [0, 0.1) is 13.8 Å². The van der Waals surface area contributed by atoms with E-state index in [1.54, 1.807) is 11.8 Å². The number of unbranched alkanes of at least 4 members (excludes halogenated alkanes) is 1. The van der Waals surface area contributed by atoms with E-state index < -0.39 is 0 Å². The molecule has 2 heterocycles. The van der Waals surface area contributed by atoms with Gasteiger partial charge >= 0.3 is 0 Å². The summed E-state index contributed by atoms with van der Waals surface area (Å²) in [6.45, 7) is 8.50. The van der Waals surface area contributed by atoms with Gasteiger partial charge in [0.15, 0.2) is 5.17 Å². The van der Waals surface area contributed by atoms with Crippen molar-refractivity contribution in [3.05, 3.63) is 58.9 Å². The Hall–Kier alpha value is -2.01. The van der Waals surface area contributed by atoms with Gasteiger partial charge in [0.2, 0.25) is 0 Å². The summed E-state index contributed by atoms with van der Waals surface area (Å²) >= 11 is 1.79. The molecule has 1 aliphatic heterocycles. The molecule has 27 heavy (non-hydrogen) atoms. The maximum absolute atomic E-state index is 4.83. The summed E-state index contributed by atoms with van der Waals surface area (Å²) in [6.07, 6.45) is 3.36. The molecule has 0 unspecified atom stereocenters. The lowest BCUT2D eigenvalue weighted by molar-refractivity contribution is 0.549. The predicted molar refractivity (Wildman–Crippen MR) is 118 cm³/mol. The standard InChI is InChI=1S/C22H30N4S/c1-5-6-13-23-22-25(4)24-21(16-27-22)20-15-17(2)26(18(20)3)14-12-19-10-8-7-9-11-19/h7-11,15H,5-6,12-14,16H2,1-4H3. The van der Waals surface area contributed by atoms with E-state index in [0.717, 1.165) is 42.6 Å². The van der Waals surface area contributed by atoms with Gasteiger partial charge in [0.25, 0.3) is 0 Å². The third-order valence-corrected chi connectivity index (χ3v) is 6.07. The molecule has 1 aromatic heterocycles. The fraction of sp³-hybridized carbons (Fsp3) is 0.455. The summed E-state index contributed by atoms with van der Waals surface area (Å²) in [5.41, 5.74) is 6.41. The summed E-state index contributed by atoms with van der Waals surface area (Å²) in [5.74, 6) is 0.887. The zero-order chi connectivity index (χ0) is 19.2. The number of benzene rings is 1. The Balaban J connectivity index is 1.74. The lowest BCUT2D eigenvalue weighted by Gasteiger charge is -2.22. The van der Waals surface area contributed by atoms with Crippen molar-refractivity contribution < 1.29 is 0 Å². The largest absolute Gasteiger partial charge is 0.348 e. The average Bonchev–Trinajstić information content (AvgIpc) is 2.96. The molecule has 0 atom stereocenters. The molecule has 0 saturated heterocycles. The van der Waals surface area contributed by atoms with Crippen LogP contribution in [0.4, 0.5) is 0 Å². The van der Waals surface area contributed by atoms with E-state index in [2.05, 4.69) is 66.7 Å². The lowest BCUT2D eigenvalue weighted by Crippen LogP contribution is -2.28. The van der Waals surface area contributed by atoms with Crippen LogP contribution in [0.2, 0.25) is 0 Å². The molecule has 0 aliphatic carbocycles. The van der Waals surface area contributed by atoms with Crippen LogP contribution >= 0.6 is 11.8 Å². The molecular formula is C22H30N4S. The van der Waals surface area contributed by atoms with Crippen LogP contribution in [-0.2, 0) is 13.0 Å². The summed E-state index contributed by atoms with van der Waals surface area (Å²) in [6, 6.07) is 13.0. The molecule has 144 valence electrons. The Morgan fingerprint density at radius 3 is 2.67 bits per heavy atom. The van der Waals surface area contributed by atoms with Gasteiger partial charge in [-0.2, -0.15) is 5.10 Å². The minimum absolute atomic E-state index is 0.887. The third-order valence-electron chi connectivity index (χ3n) is 5.00. The van der Waals surface area contributed by atoms with E-state index in [9.17, 15) is 0 Å². The topological polar surface area (TPSA) is 32.9 Å². The summed E-state index contributed by atoms with van der Waals surface area (Å²) < 4.78 is 2.42. The van der Waals surface area contributed by atoms with E-state index in [1.165, 1.54) is 28.9 Å². The van der Waals surface area contributed by atoms with Gasteiger partial charge in [-0.05, 0) is 38.3 Å². The van der Waals surface area contributed by atoms with E-state index in [0.29, 0.717) is 0 Å². The van der Waals surface area contributed by atoms with Crippen molar-refractivity contribution in [1.82, 2.24) is 9.58 Å². The highest BCUT2D eigenvalue weighted by atomic mass is 32.2. The predicted octanol–water partition coefficient (Wildman–Crippen LogP) is 4.89. The van der Waals surface area contributed by atoms with Crippen molar-refractivity contribution in [2.45, 2.75) is 46.6 Å². The van der Waals surface area contributed by atoms with Gasteiger partial charge in [-0.3, -0.25) is 4.99 Å². The molecule has 0 amide bonds.